The lowest BCUT2D eigenvalue weighted by Gasteiger charge is -2.01. The minimum absolute atomic E-state index is 0.146. The molecule has 0 saturated carbocycles. The second-order valence-electron chi connectivity index (χ2n) is 3.39. The number of nitrogens with one attached hydrogen (secondary N) is 1. The average Bonchev–Trinajstić information content (AvgIpc) is 2.46. The van der Waals surface area contributed by atoms with Gasteiger partial charge >= 0.3 is 0 Å². The van der Waals surface area contributed by atoms with Crippen molar-refractivity contribution >= 4 is 11.7 Å². The topological polar surface area (TPSA) is 93.3 Å². The fourth-order valence-corrected chi connectivity index (χ4v) is 1.24. The molecule has 0 aliphatic heterocycles. The first kappa shape index (κ1) is 11.7. The van der Waals surface area contributed by atoms with Crippen LogP contribution in [-0.2, 0) is 0 Å². The van der Waals surface area contributed by atoms with Gasteiger partial charge in [-0.2, -0.15) is 5.10 Å². The Kier molecular flexibility index (Phi) is 3.60. The van der Waals surface area contributed by atoms with Crippen LogP contribution < -0.4 is 11.2 Å². The van der Waals surface area contributed by atoms with Crippen molar-refractivity contribution in [1.29, 1.82) is 0 Å². The molecule has 2 aromatic heterocycles. The van der Waals surface area contributed by atoms with E-state index < -0.39 is 0 Å². The Bertz CT molecular complexity index is 553. The Morgan fingerprint density at radius 2 is 2.11 bits per heavy atom. The normalized spacial score (nSPS) is 11.0. The summed E-state index contributed by atoms with van der Waals surface area (Å²) in [4.78, 5) is 19.5. The zero-order valence-corrected chi connectivity index (χ0v) is 9.45. The van der Waals surface area contributed by atoms with Crippen molar-refractivity contribution < 1.29 is 4.79 Å². The molecule has 18 heavy (non-hydrogen) atoms. The summed E-state index contributed by atoms with van der Waals surface area (Å²) in [6, 6.07) is 8.56. The highest BCUT2D eigenvalue weighted by atomic mass is 16.2. The predicted molar refractivity (Wildman–Crippen MR) is 66.7 cm³/mol. The van der Waals surface area contributed by atoms with Crippen LogP contribution in [0.5, 0.6) is 0 Å². The molecule has 0 fully saturated rings. The van der Waals surface area contributed by atoms with Gasteiger partial charge < -0.3 is 5.73 Å². The van der Waals surface area contributed by atoms with E-state index in [2.05, 4.69) is 20.5 Å². The smallest absolute Gasteiger partial charge is 0.272 e. The molecule has 1 amide bonds. The van der Waals surface area contributed by atoms with Gasteiger partial charge in [-0.1, -0.05) is 6.07 Å². The zero-order chi connectivity index (χ0) is 12.8. The summed E-state index contributed by atoms with van der Waals surface area (Å²) in [5, 5.41) is 3.78. The molecule has 0 aromatic carbocycles. The average molecular weight is 241 g/mol. The van der Waals surface area contributed by atoms with E-state index in [1.807, 2.05) is 0 Å². The minimum atomic E-state index is -0.373. The highest BCUT2D eigenvalue weighted by Gasteiger charge is 2.04. The summed E-state index contributed by atoms with van der Waals surface area (Å²) in [6.45, 7) is 0. The second-order valence-corrected chi connectivity index (χ2v) is 3.39. The quantitative estimate of drug-likeness (QED) is 0.465. The molecule has 0 unspecified atom stereocenters. The third-order valence-corrected chi connectivity index (χ3v) is 2.13. The molecule has 90 valence electrons. The molecular weight excluding hydrogens is 230 g/mol. The molecule has 2 heterocycles. The molecule has 0 saturated heterocycles. The molecule has 0 aliphatic rings. The van der Waals surface area contributed by atoms with Gasteiger partial charge in [-0.3, -0.25) is 14.8 Å². The van der Waals surface area contributed by atoms with Crippen molar-refractivity contribution in [3.05, 3.63) is 60.2 Å². The molecule has 0 bridgehead atoms. The summed E-state index contributed by atoms with van der Waals surface area (Å²) in [5.41, 5.74) is 8.94. The van der Waals surface area contributed by atoms with Crippen molar-refractivity contribution in [3.63, 3.8) is 0 Å². The van der Waals surface area contributed by atoms with Gasteiger partial charge in [0.1, 0.15) is 5.69 Å². The lowest BCUT2D eigenvalue weighted by Crippen LogP contribution is -2.24. The van der Waals surface area contributed by atoms with E-state index in [1.165, 1.54) is 6.20 Å². The fraction of sp³-hybridized carbons (Fsp3) is 0. The van der Waals surface area contributed by atoms with Gasteiger partial charge in [-0.15, -0.1) is 0 Å². The predicted octanol–water partition coefficient (Wildman–Crippen LogP) is 0.527. The number of rotatable bonds is 3. The van der Waals surface area contributed by atoms with Crippen LogP contribution in [-0.4, -0.2) is 21.7 Å². The van der Waals surface area contributed by atoms with E-state index in [4.69, 9.17) is 5.73 Å². The number of nitrogens with two attached hydrogens (primary N) is 1. The molecule has 0 radical (unpaired) electrons. The molecule has 6 nitrogen and oxygen atoms in total. The Morgan fingerprint density at radius 1 is 1.22 bits per heavy atom. The van der Waals surface area contributed by atoms with Gasteiger partial charge in [0.05, 0.1) is 5.56 Å². The van der Waals surface area contributed by atoms with E-state index in [0.29, 0.717) is 11.3 Å². The van der Waals surface area contributed by atoms with Gasteiger partial charge in [0.2, 0.25) is 0 Å². The van der Waals surface area contributed by atoms with Crippen molar-refractivity contribution in [2.75, 3.05) is 0 Å². The van der Waals surface area contributed by atoms with Crippen LogP contribution in [0.2, 0.25) is 0 Å². The molecule has 6 heteroatoms. The number of carbonyl (C=O) groups excluding carboxylic acids is 1. The molecule has 0 spiro atoms. The SMILES string of the molecule is N/C(=N\NC(=O)c1cccnc1)c1ccccn1. The van der Waals surface area contributed by atoms with E-state index in [1.54, 1.807) is 42.7 Å². The highest BCUT2D eigenvalue weighted by Crippen LogP contribution is 1.96. The Balaban J connectivity index is 2.05. The lowest BCUT2D eigenvalue weighted by molar-refractivity contribution is 0.0954. The minimum Gasteiger partial charge on any atom is -0.380 e. The summed E-state index contributed by atoms with van der Waals surface area (Å²) in [6.07, 6.45) is 4.63. The van der Waals surface area contributed by atoms with Crippen molar-refractivity contribution in [3.8, 4) is 0 Å². The lowest BCUT2D eigenvalue weighted by atomic mass is 10.3. The van der Waals surface area contributed by atoms with Gasteiger partial charge in [0.15, 0.2) is 5.84 Å². The molecular formula is C12H11N5O. The van der Waals surface area contributed by atoms with Crippen molar-refractivity contribution in [2.24, 2.45) is 10.8 Å². The molecule has 0 atom stereocenters. The number of carbonyl (C=O) groups is 1. The van der Waals surface area contributed by atoms with E-state index in [0.717, 1.165) is 0 Å². The van der Waals surface area contributed by atoms with Gasteiger partial charge in [0.25, 0.3) is 5.91 Å². The Labute approximate surface area is 104 Å². The van der Waals surface area contributed by atoms with Crippen LogP contribution in [0.1, 0.15) is 16.1 Å². The van der Waals surface area contributed by atoms with Crippen LogP contribution in [0.25, 0.3) is 0 Å². The maximum atomic E-state index is 11.6. The first-order valence-electron chi connectivity index (χ1n) is 5.22. The van der Waals surface area contributed by atoms with Crippen LogP contribution in [0, 0.1) is 0 Å². The third kappa shape index (κ3) is 2.88. The first-order valence-corrected chi connectivity index (χ1v) is 5.22. The van der Waals surface area contributed by atoms with E-state index in [-0.39, 0.29) is 11.7 Å². The molecule has 2 aromatic rings. The first-order chi connectivity index (χ1) is 8.77. The molecule has 2 rings (SSSR count). The molecule has 3 N–H and O–H groups in total. The fourth-order valence-electron chi connectivity index (χ4n) is 1.24. The number of hydrogen-bond acceptors (Lipinski definition) is 4. The summed E-state index contributed by atoms with van der Waals surface area (Å²) < 4.78 is 0. The second kappa shape index (κ2) is 5.53. The van der Waals surface area contributed by atoms with Crippen molar-refractivity contribution in [2.45, 2.75) is 0 Å². The number of hydrazone groups is 1. The number of amidine groups is 1. The van der Waals surface area contributed by atoms with Crippen LogP contribution >= 0.6 is 0 Å². The van der Waals surface area contributed by atoms with Crippen LogP contribution in [0.3, 0.4) is 0 Å². The van der Waals surface area contributed by atoms with E-state index >= 15 is 0 Å². The standard InChI is InChI=1S/C12H11N5O/c13-11(10-5-1-2-7-15-10)16-17-12(18)9-4-3-6-14-8-9/h1-8H,(H2,13,16)(H,17,18). The molecule has 0 aliphatic carbocycles. The van der Waals surface area contributed by atoms with E-state index in [9.17, 15) is 4.79 Å². The highest BCUT2D eigenvalue weighted by molar-refractivity contribution is 5.98. The van der Waals surface area contributed by atoms with Gasteiger partial charge in [-0.05, 0) is 24.3 Å². The number of nitrogens with zero attached hydrogens (tertiary/aromatic N) is 3. The summed E-state index contributed by atoms with van der Waals surface area (Å²) in [7, 11) is 0. The zero-order valence-electron chi connectivity index (χ0n) is 9.45. The van der Waals surface area contributed by atoms with Gasteiger partial charge in [0, 0.05) is 18.6 Å². The van der Waals surface area contributed by atoms with Crippen molar-refractivity contribution in [1.82, 2.24) is 15.4 Å². The number of hydrogen-bond donors (Lipinski definition) is 2. The monoisotopic (exact) mass is 241 g/mol. The van der Waals surface area contributed by atoms with Gasteiger partial charge in [-0.25, -0.2) is 5.43 Å². The largest absolute Gasteiger partial charge is 0.380 e. The Morgan fingerprint density at radius 3 is 2.78 bits per heavy atom. The summed E-state index contributed by atoms with van der Waals surface area (Å²) in [5.74, 6) is -0.227. The summed E-state index contributed by atoms with van der Waals surface area (Å²) >= 11 is 0. The number of amides is 1. The maximum absolute atomic E-state index is 11.6. The number of pyridine rings is 2. The maximum Gasteiger partial charge on any atom is 0.272 e. The Hall–Kier alpha value is -2.76. The third-order valence-electron chi connectivity index (χ3n) is 2.13. The number of aromatic nitrogens is 2. The van der Waals surface area contributed by atoms with Crippen LogP contribution in [0.4, 0.5) is 0 Å². The van der Waals surface area contributed by atoms with Crippen LogP contribution in [0.15, 0.2) is 54.0 Å².